The predicted molar refractivity (Wildman–Crippen MR) is 82.2 cm³/mol. The highest BCUT2D eigenvalue weighted by Crippen LogP contribution is 2.39. The van der Waals surface area contributed by atoms with Crippen LogP contribution in [-0.2, 0) is 9.53 Å². The predicted octanol–water partition coefficient (Wildman–Crippen LogP) is 4.17. The van der Waals surface area contributed by atoms with Gasteiger partial charge in [-0.1, -0.05) is 64.5 Å². The van der Waals surface area contributed by atoms with Crippen molar-refractivity contribution < 1.29 is 9.53 Å². The zero-order valence-corrected chi connectivity index (χ0v) is 12.3. The molecule has 1 saturated heterocycles. The molecule has 20 heavy (non-hydrogen) atoms. The summed E-state index contributed by atoms with van der Waals surface area (Å²) in [5.41, 5.74) is 2.05. The minimum Gasteiger partial charge on any atom is -0.356 e. The Balaban J connectivity index is 1.64. The molecular formula is C17H13BrO2. The van der Waals surface area contributed by atoms with E-state index in [1.165, 1.54) is 0 Å². The van der Waals surface area contributed by atoms with E-state index in [1.54, 1.807) is 6.08 Å². The van der Waals surface area contributed by atoms with Crippen LogP contribution >= 0.6 is 15.9 Å². The van der Waals surface area contributed by atoms with Crippen molar-refractivity contribution >= 4 is 27.8 Å². The summed E-state index contributed by atoms with van der Waals surface area (Å²) in [5.74, 6) is 0.0128. The van der Waals surface area contributed by atoms with Gasteiger partial charge in [-0.15, -0.1) is 0 Å². The Bertz CT molecular complexity index is 649. The van der Waals surface area contributed by atoms with Gasteiger partial charge in [-0.05, 0) is 29.3 Å². The van der Waals surface area contributed by atoms with Crippen LogP contribution in [0.4, 0.5) is 0 Å². The van der Waals surface area contributed by atoms with Crippen LogP contribution in [0, 0.1) is 0 Å². The van der Waals surface area contributed by atoms with Crippen molar-refractivity contribution in [2.45, 2.75) is 12.2 Å². The number of carbonyl (C=O) groups excluding carboxylic acids is 1. The van der Waals surface area contributed by atoms with Gasteiger partial charge in [-0.3, -0.25) is 4.79 Å². The lowest BCUT2D eigenvalue weighted by atomic mass is 10.1. The first-order valence-corrected chi connectivity index (χ1v) is 7.21. The van der Waals surface area contributed by atoms with E-state index < -0.39 is 0 Å². The van der Waals surface area contributed by atoms with Crippen molar-refractivity contribution in [2.24, 2.45) is 0 Å². The third kappa shape index (κ3) is 3.06. The molecule has 0 aromatic heterocycles. The third-order valence-electron chi connectivity index (χ3n) is 3.19. The van der Waals surface area contributed by atoms with Gasteiger partial charge < -0.3 is 4.74 Å². The highest BCUT2D eigenvalue weighted by Gasteiger charge is 2.44. The largest absolute Gasteiger partial charge is 0.356 e. The summed E-state index contributed by atoms with van der Waals surface area (Å²) in [6.07, 6.45) is 2.99. The molecule has 2 atom stereocenters. The number of halogens is 1. The molecule has 0 spiro atoms. The average molecular weight is 329 g/mol. The van der Waals surface area contributed by atoms with Crippen molar-refractivity contribution in [3.05, 3.63) is 76.3 Å². The van der Waals surface area contributed by atoms with Crippen molar-refractivity contribution in [1.82, 2.24) is 0 Å². The van der Waals surface area contributed by atoms with Gasteiger partial charge in [-0.2, -0.15) is 0 Å². The minimum absolute atomic E-state index is 0.0128. The SMILES string of the molecule is O=C(/C=C/c1cccc(Br)c1)C1OC1c1ccccc1. The van der Waals surface area contributed by atoms with Crippen LogP contribution in [0.25, 0.3) is 6.08 Å². The van der Waals surface area contributed by atoms with Gasteiger partial charge in [0.2, 0.25) is 0 Å². The van der Waals surface area contributed by atoms with Crippen molar-refractivity contribution in [2.75, 3.05) is 0 Å². The minimum atomic E-state index is -0.333. The van der Waals surface area contributed by atoms with E-state index in [9.17, 15) is 4.79 Å². The summed E-state index contributed by atoms with van der Waals surface area (Å²) in [5, 5.41) is 0. The second-order valence-electron chi connectivity index (χ2n) is 4.68. The number of ketones is 1. The van der Waals surface area contributed by atoms with Crippen LogP contribution in [-0.4, -0.2) is 11.9 Å². The van der Waals surface area contributed by atoms with Gasteiger partial charge in [-0.25, -0.2) is 0 Å². The number of epoxide rings is 1. The number of rotatable bonds is 4. The van der Waals surface area contributed by atoms with Crippen LogP contribution in [0.3, 0.4) is 0 Å². The zero-order chi connectivity index (χ0) is 13.9. The number of carbonyl (C=O) groups is 1. The van der Waals surface area contributed by atoms with Gasteiger partial charge >= 0.3 is 0 Å². The molecule has 2 aromatic rings. The van der Waals surface area contributed by atoms with E-state index in [2.05, 4.69) is 15.9 Å². The van der Waals surface area contributed by atoms with Gasteiger partial charge in [0.05, 0.1) is 0 Å². The molecule has 0 bridgehead atoms. The molecular weight excluding hydrogens is 316 g/mol. The summed E-state index contributed by atoms with van der Waals surface area (Å²) in [7, 11) is 0. The van der Waals surface area contributed by atoms with Crippen molar-refractivity contribution in [1.29, 1.82) is 0 Å². The fraction of sp³-hybridized carbons (Fsp3) is 0.118. The summed E-state index contributed by atoms with van der Waals surface area (Å²) >= 11 is 3.41. The van der Waals surface area contributed by atoms with Gasteiger partial charge in [0.15, 0.2) is 11.9 Å². The van der Waals surface area contributed by atoms with Gasteiger partial charge in [0, 0.05) is 4.47 Å². The van der Waals surface area contributed by atoms with Crippen molar-refractivity contribution in [3.8, 4) is 0 Å². The van der Waals surface area contributed by atoms with Crippen LogP contribution < -0.4 is 0 Å². The van der Waals surface area contributed by atoms with E-state index >= 15 is 0 Å². The van der Waals surface area contributed by atoms with E-state index in [1.807, 2.05) is 60.7 Å². The molecule has 2 nitrogen and oxygen atoms in total. The fourth-order valence-electron chi connectivity index (χ4n) is 2.11. The van der Waals surface area contributed by atoms with Gasteiger partial charge in [0.25, 0.3) is 0 Å². The average Bonchev–Trinajstić information content (AvgIpc) is 3.26. The quantitative estimate of drug-likeness (QED) is 0.622. The molecule has 0 saturated carbocycles. The normalized spacial score (nSPS) is 21.1. The Labute approximate surface area is 126 Å². The summed E-state index contributed by atoms with van der Waals surface area (Å²) < 4.78 is 6.46. The first kappa shape index (κ1) is 13.3. The molecule has 2 aromatic carbocycles. The molecule has 100 valence electrons. The molecule has 1 fully saturated rings. The number of benzene rings is 2. The summed E-state index contributed by atoms with van der Waals surface area (Å²) in [4.78, 5) is 12.0. The van der Waals surface area contributed by atoms with E-state index in [0.717, 1.165) is 15.6 Å². The number of ether oxygens (including phenoxy) is 1. The Morgan fingerprint density at radius 1 is 1.10 bits per heavy atom. The molecule has 3 heteroatoms. The monoisotopic (exact) mass is 328 g/mol. The van der Waals surface area contributed by atoms with E-state index in [0.29, 0.717) is 0 Å². The molecule has 3 rings (SSSR count). The number of hydrogen-bond acceptors (Lipinski definition) is 2. The molecule has 1 aliphatic rings. The van der Waals surface area contributed by atoms with E-state index in [-0.39, 0.29) is 18.0 Å². The summed E-state index contributed by atoms with van der Waals surface area (Å²) in [6.45, 7) is 0. The number of hydrogen-bond donors (Lipinski definition) is 0. The highest BCUT2D eigenvalue weighted by molar-refractivity contribution is 9.10. The molecule has 0 amide bonds. The van der Waals surface area contributed by atoms with Gasteiger partial charge in [0.1, 0.15) is 6.10 Å². The molecule has 0 radical (unpaired) electrons. The molecule has 0 aliphatic carbocycles. The van der Waals surface area contributed by atoms with Crippen LogP contribution in [0.2, 0.25) is 0 Å². The lowest BCUT2D eigenvalue weighted by Gasteiger charge is -1.94. The Kier molecular flexibility index (Phi) is 3.81. The molecule has 1 aliphatic heterocycles. The Morgan fingerprint density at radius 2 is 1.90 bits per heavy atom. The third-order valence-corrected chi connectivity index (χ3v) is 3.68. The molecule has 2 unspecified atom stereocenters. The zero-order valence-electron chi connectivity index (χ0n) is 10.7. The standard InChI is InChI=1S/C17H13BrO2/c18-14-8-4-5-12(11-14)9-10-15(19)17-16(20-17)13-6-2-1-3-7-13/h1-11,16-17H/b10-9+. The highest BCUT2D eigenvalue weighted by atomic mass is 79.9. The first-order chi connectivity index (χ1) is 9.74. The first-order valence-electron chi connectivity index (χ1n) is 6.42. The van der Waals surface area contributed by atoms with Crippen LogP contribution in [0.5, 0.6) is 0 Å². The maximum absolute atomic E-state index is 12.0. The maximum atomic E-state index is 12.0. The lowest BCUT2D eigenvalue weighted by Crippen LogP contribution is -2.03. The fourth-order valence-corrected chi connectivity index (χ4v) is 2.53. The second-order valence-corrected chi connectivity index (χ2v) is 5.59. The molecule has 1 heterocycles. The summed E-state index contributed by atoms with van der Waals surface area (Å²) in [6, 6.07) is 17.6. The Morgan fingerprint density at radius 3 is 2.65 bits per heavy atom. The molecule has 0 N–H and O–H groups in total. The Hall–Kier alpha value is -1.71. The van der Waals surface area contributed by atoms with Crippen LogP contribution in [0.15, 0.2) is 65.1 Å². The van der Waals surface area contributed by atoms with E-state index in [4.69, 9.17) is 4.74 Å². The van der Waals surface area contributed by atoms with Crippen molar-refractivity contribution in [3.63, 3.8) is 0 Å². The topological polar surface area (TPSA) is 29.6 Å². The second kappa shape index (κ2) is 5.73. The van der Waals surface area contributed by atoms with Crippen LogP contribution in [0.1, 0.15) is 17.2 Å². The smallest absolute Gasteiger partial charge is 0.187 e. The maximum Gasteiger partial charge on any atom is 0.187 e. The lowest BCUT2D eigenvalue weighted by molar-refractivity contribution is -0.115.